The Morgan fingerprint density at radius 2 is 2.11 bits per heavy atom. The fourth-order valence-electron chi connectivity index (χ4n) is 2.92. The third kappa shape index (κ3) is 3.73. The van der Waals surface area contributed by atoms with Gasteiger partial charge in [-0.15, -0.1) is 0 Å². The monoisotopic (exact) mass is 325 g/mol. The number of nitrogens with two attached hydrogens (primary N) is 1. The average molecular weight is 326 g/mol. The molecule has 0 aromatic heterocycles. The van der Waals surface area contributed by atoms with Gasteiger partial charge in [0.25, 0.3) is 0 Å². The number of ether oxygens (including phenoxy) is 1. The van der Waals surface area contributed by atoms with Crippen LogP contribution < -0.4 is 10.5 Å². The Morgan fingerprint density at radius 1 is 1.37 bits per heavy atom. The van der Waals surface area contributed by atoms with Gasteiger partial charge in [-0.1, -0.05) is 35.3 Å². The summed E-state index contributed by atoms with van der Waals surface area (Å²) in [5.74, 6) is 1.67. The number of benzene rings is 1. The van der Waals surface area contributed by atoms with E-state index in [0.29, 0.717) is 12.0 Å². The lowest BCUT2D eigenvalue weighted by Gasteiger charge is -2.31. The summed E-state index contributed by atoms with van der Waals surface area (Å²) in [5.41, 5.74) is 7.05. The molecular formula is C16H24BrNO. The van der Waals surface area contributed by atoms with E-state index >= 15 is 0 Å². The lowest BCUT2D eigenvalue weighted by Crippen LogP contribution is -2.29. The van der Waals surface area contributed by atoms with Crippen molar-refractivity contribution in [2.75, 3.05) is 0 Å². The molecule has 1 fully saturated rings. The van der Waals surface area contributed by atoms with Crippen LogP contribution in [0.15, 0.2) is 22.7 Å². The van der Waals surface area contributed by atoms with E-state index < -0.39 is 0 Å². The summed E-state index contributed by atoms with van der Waals surface area (Å²) >= 11 is 3.58. The minimum absolute atomic E-state index is 0.0431. The second kappa shape index (κ2) is 6.76. The van der Waals surface area contributed by atoms with E-state index in [1.54, 1.807) is 0 Å². The second-order valence-electron chi connectivity index (χ2n) is 5.58. The molecule has 0 heterocycles. The molecule has 2 N–H and O–H groups in total. The third-order valence-corrected chi connectivity index (χ3v) is 4.80. The topological polar surface area (TPSA) is 35.2 Å². The van der Waals surface area contributed by atoms with Gasteiger partial charge in [0.15, 0.2) is 0 Å². The summed E-state index contributed by atoms with van der Waals surface area (Å²) in [6.07, 6.45) is 6.73. The van der Waals surface area contributed by atoms with E-state index in [-0.39, 0.29) is 6.04 Å². The first-order valence-corrected chi connectivity index (χ1v) is 8.12. The molecule has 1 saturated carbocycles. The van der Waals surface area contributed by atoms with Gasteiger partial charge in [0.1, 0.15) is 11.9 Å². The Labute approximate surface area is 124 Å². The predicted molar refractivity (Wildman–Crippen MR) is 83.4 cm³/mol. The SMILES string of the molecule is CCC1CCCCC1Oc1ccc(C(C)N)c(Br)c1. The van der Waals surface area contributed by atoms with Crippen LogP contribution in [0.3, 0.4) is 0 Å². The maximum Gasteiger partial charge on any atom is 0.120 e. The van der Waals surface area contributed by atoms with Gasteiger partial charge >= 0.3 is 0 Å². The van der Waals surface area contributed by atoms with Crippen molar-refractivity contribution >= 4 is 15.9 Å². The fourth-order valence-corrected chi connectivity index (χ4v) is 3.64. The van der Waals surface area contributed by atoms with Crippen LogP contribution in [-0.2, 0) is 0 Å². The molecule has 1 aliphatic rings. The number of hydrogen-bond donors (Lipinski definition) is 1. The Morgan fingerprint density at radius 3 is 2.74 bits per heavy atom. The van der Waals surface area contributed by atoms with Crippen LogP contribution in [-0.4, -0.2) is 6.10 Å². The lowest BCUT2D eigenvalue weighted by atomic mass is 9.85. The lowest BCUT2D eigenvalue weighted by molar-refractivity contribution is 0.0903. The molecule has 0 aliphatic heterocycles. The van der Waals surface area contributed by atoms with Gasteiger partial charge in [-0.3, -0.25) is 0 Å². The molecule has 1 aromatic carbocycles. The zero-order valence-corrected chi connectivity index (χ0v) is 13.4. The van der Waals surface area contributed by atoms with Crippen molar-refractivity contribution in [1.29, 1.82) is 0 Å². The van der Waals surface area contributed by atoms with E-state index in [1.165, 1.54) is 32.1 Å². The van der Waals surface area contributed by atoms with Crippen molar-refractivity contribution in [3.63, 3.8) is 0 Å². The van der Waals surface area contributed by atoms with Gasteiger partial charge in [-0.2, -0.15) is 0 Å². The highest BCUT2D eigenvalue weighted by molar-refractivity contribution is 9.10. The second-order valence-corrected chi connectivity index (χ2v) is 6.44. The van der Waals surface area contributed by atoms with Gasteiger partial charge in [0, 0.05) is 10.5 Å². The number of rotatable bonds is 4. The van der Waals surface area contributed by atoms with Crippen LogP contribution in [0.1, 0.15) is 57.6 Å². The van der Waals surface area contributed by atoms with E-state index in [0.717, 1.165) is 15.8 Å². The Bertz CT molecular complexity index is 419. The van der Waals surface area contributed by atoms with Gasteiger partial charge in [0.05, 0.1) is 0 Å². The molecule has 0 saturated heterocycles. The third-order valence-electron chi connectivity index (χ3n) is 4.11. The molecular weight excluding hydrogens is 302 g/mol. The molecule has 0 amide bonds. The summed E-state index contributed by atoms with van der Waals surface area (Å²) in [5, 5.41) is 0. The zero-order chi connectivity index (χ0) is 13.8. The van der Waals surface area contributed by atoms with Gasteiger partial charge in [0.2, 0.25) is 0 Å². The summed E-state index contributed by atoms with van der Waals surface area (Å²) < 4.78 is 7.25. The quantitative estimate of drug-likeness (QED) is 0.861. The van der Waals surface area contributed by atoms with Crippen LogP contribution >= 0.6 is 15.9 Å². The molecule has 0 bridgehead atoms. The van der Waals surface area contributed by atoms with Crippen LogP contribution in [0.2, 0.25) is 0 Å². The molecule has 1 aromatic rings. The highest BCUT2D eigenvalue weighted by Gasteiger charge is 2.25. The molecule has 3 atom stereocenters. The Kier molecular flexibility index (Phi) is 5.28. The van der Waals surface area contributed by atoms with Gasteiger partial charge < -0.3 is 10.5 Å². The summed E-state index contributed by atoms with van der Waals surface area (Å²) in [6.45, 7) is 4.26. The molecule has 3 heteroatoms. The first-order chi connectivity index (χ1) is 9.11. The highest BCUT2D eigenvalue weighted by atomic mass is 79.9. The van der Waals surface area contributed by atoms with Crippen molar-refractivity contribution in [3.8, 4) is 5.75 Å². The smallest absolute Gasteiger partial charge is 0.120 e. The van der Waals surface area contributed by atoms with Crippen molar-refractivity contribution in [1.82, 2.24) is 0 Å². The summed E-state index contributed by atoms with van der Waals surface area (Å²) in [7, 11) is 0. The molecule has 1 aliphatic carbocycles. The van der Waals surface area contributed by atoms with Gasteiger partial charge in [-0.25, -0.2) is 0 Å². The van der Waals surface area contributed by atoms with Crippen molar-refractivity contribution in [3.05, 3.63) is 28.2 Å². The van der Waals surface area contributed by atoms with Crippen molar-refractivity contribution in [2.45, 2.75) is 58.1 Å². The van der Waals surface area contributed by atoms with Gasteiger partial charge in [-0.05, 0) is 56.2 Å². The maximum absolute atomic E-state index is 6.20. The maximum atomic E-state index is 6.20. The van der Waals surface area contributed by atoms with Crippen molar-refractivity contribution < 1.29 is 4.74 Å². The molecule has 0 radical (unpaired) electrons. The first-order valence-electron chi connectivity index (χ1n) is 7.33. The highest BCUT2D eigenvalue weighted by Crippen LogP contribution is 2.32. The largest absolute Gasteiger partial charge is 0.490 e. The normalized spacial score (nSPS) is 25.1. The molecule has 3 unspecified atom stereocenters. The molecule has 106 valence electrons. The molecule has 2 nitrogen and oxygen atoms in total. The van der Waals surface area contributed by atoms with E-state index in [2.05, 4.69) is 35.0 Å². The van der Waals surface area contributed by atoms with E-state index in [4.69, 9.17) is 10.5 Å². The van der Waals surface area contributed by atoms with Crippen molar-refractivity contribution in [2.24, 2.45) is 11.7 Å². The van der Waals surface area contributed by atoms with E-state index in [1.807, 2.05) is 13.0 Å². The van der Waals surface area contributed by atoms with E-state index in [9.17, 15) is 0 Å². The minimum Gasteiger partial charge on any atom is -0.490 e. The standard InChI is InChI=1S/C16H24BrNO/c1-3-12-6-4-5-7-16(12)19-13-8-9-14(11(2)18)15(17)10-13/h8-12,16H,3-7,18H2,1-2H3. The number of halogens is 1. The van der Waals surface area contributed by atoms with Crippen LogP contribution in [0.4, 0.5) is 0 Å². The predicted octanol–water partition coefficient (Wildman–Crippen LogP) is 4.82. The summed E-state index contributed by atoms with van der Waals surface area (Å²) in [6, 6.07) is 6.21. The fraction of sp³-hybridized carbons (Fsp3) is 0.625. The summed E-state index contributed by atoms with van der Waals surface area (Å²) in [4.78, 5) is 0. The van der Waals surface area contributed by atoms with Crippen LogP contribution in [0.25, 0.3) is 0 Å². The first kappa shape index (κ1) is 14.9. The number of hydrogen-bond acceptors (Lipinski definition) is 2. The average Bonchev–Trinajstić information content (AvgIpc) is 2.39. The molecule has 2 rings (SSSR count). The minimum atomic E-state index is 0.0431. The molecule has 19 heavy (non-hydrogen) atoms. The zero-order valence-electron chi connectivity index (χ0n) is 11.9. The van der Waals surface area contributed by atoms with Crippen LogP contribution in [0, 0.1) is 5.92 Å². The Balaban J connectivity index is 2.08. The van der Waals surface area contributed by atoms with Crippen LogP contribution in [0.5, 0.6) is 5.75 Å². The molecule has 0 spiro atoms. The Hall–Kier alpha value is -0.540.